The van der Waals surface area contributed by atoms with E-state index < -0.39 is 10.1 Å². The topological polar surface area (TPSA) is 116 Å². The zero-order valence-electron chi connectivity index (χ0n) is 11.0. The van der Waals surface area contributed by atoms with E-state index in [0.29, 0.717) is 18.5 Å². The minimum absolute atomic E-state index is 0.0867. The van der Waals surface area contributed by atoms with Crippen LogP contribution < -0.4 is 11.1 Å². The summed E-state index contributed by atoms with van der Waals surface area (Å²) in [7, 11) is -4.22. The fourth-order valence-corrected chi connectivity index (χ4v) is 2.57. The van der Waals surface area contributed by atoms with Crippen molar-refractivity contribution in [2.45, 2.75) is 4.90 Å². The number of hydrogen-bond acceptors (Lipinski definition) is 6. The number of isothiocyanates is 1. The second-order valence-corrected chi connectivity index (χ2v) is 5.54. The molecule has 0 aromatic heterocycles. The smallest absolute Gasteiger partial charge is 0.295 e. The van der Waals surface area contributed by atoms with Crippen molar-refractivity contribution < 1.29 is 13.0 Å². The van der Waals surface area contributed by atoms with Gasteiger partial charge in [0.25, 0.3) is 10.1 Å². The van der Waals surface area contributed by atoms with E-state index in [1.165, 1.54) is 6.07 Å². The predicted molar refractivity (Wildman–Crippen MR) is 86.6 cm³/mol. The fraction of sp³-hybridized carbons (Fsp3) is 0.154. The molecule has 8 heteroatoms. The molecule has 0 spiro atoms. The van der Waals surface area contributed by atoms with Gasteiger partial charge in [-0.05, 0) is 24.4 Å². The average Bonchev–Trinajstić information content (AvgIpc) is 2.44. The maximum absolute atomic E-state index is 11.3. The van der Waals surface area contributed by atoms with Gasteiger partial charge in [0, 0.05) is 29.5 Å². The Morgan fingerprint density at radius 1 is 1.24 bits per heavy atom. The van der Waals surface area contributed by atoms with Gasteiger partial charge in [-0.3, -0.25) is 4.55 Å². The number of nitrogens with one attached hydrogen (secondary N) is 2. The SMILES string of the molecule is N=C=S.NCCNc1cccc2c(S(=O)(=O)O)cccc12. The number of thiocarbonyl (C=S) groups is 1. The maximum atomic E-state index is 11.3. The number of hydrogen-bond donors (Lipinski definition) is 4. The van der Waals surface area contributed by atoms with Gasteiger partial charge in [-0.1, -0.05) is 24.3 Å². The lowest BCUT2D eigenvalue weighted by Crippen LogP contribution is -2.13. The highest BCUT2D eigenvalue weighted by Crippen LogP contribution is 2.28. The molecule has 6 nitrogen and oxygen atoms in total. The van der Waals surface area contributed by atoms with E-state index in [4.69, 9.17) is 11.1 Å². The number of nitrogens with two attached hydrogens (primary N) is 1. The molecule has 0 fully saturated rings. The Balaban J connectivity index is 0.000000677. The van der Waals surface area contributed by atoms with Crippen LogP contribution >= 0.6 is 12.2 Å². The van der Waals surface area contributed by atoms with Gasteiger partial charge >= 0.3 is 0 Å². The van der Waals surface area contributed by atoms with E-state index in [0.717, 1.165) is 11.1 Å². The predicted octanol–water partition coefficient (Wildman–Crippen LogP) is 2.13. The summed E-state index contributed by atoms with van der Waals surface area (Å²) in [6, 6.07) is 10.00. The second kappa shape index (κ2) is 7.82. The van der Waals surface area contributed by atoms with Crippen molar-refractivity contribution in [2.24, 2.45) is 5.73 Å². The maximum Gasteiger partial charge on any atom is 0.295 e. The van der Waals surface area contributed by atoms with E-state index in [-0.39, 0.29) is 4.90 Å². The van der Waals surface area contributed by atoms with Gasteiger partial charge in [0.1, 0.15) is 4.90 Å². The summed E-state index contributed by atoms with van der Waals surface area (Å²) in [6.07, 6.45) is 0. The van der Waals surface area contributed by atoms with Crippen LogP contribution in [0.15, 0.2) is 41.3 Å². The van der Waals surface area contributed by atoms with Gasteiger partial charge in [0.05, 0.1) is 5.16 Å². The lowest BCUT2D eigenvalue weighted by Gasteiger charge is -2.10. The van der Waals surface area contributed by atoms with Gasteiger partial charge in [-0.25, -0.2) is 5.41 Å². The van der Waals surface area contributed by atoms with Gasteiger partial charge in [0.15, 0.2) is 0 Å². The second-order valence-electron chi connectivity index (χ2n) is 3.95. The van der Waals surface area contributed by atoms with E-state index in [2.05, 4.69) is 17.5 Å². The minimum atomic E-state index is -4.22. The van der Waals surface area contributed by atoms with Crippen LogP contribution in [0.3, 0.4) is 0 Å². The van der Waals surface area contributed by atoms with Crippen LogP contribution in [-0.2, 0) is 10.1 Å². The van der Waals surface area contributed by atoms with Crippen LogP contribution in [-0.4, -0.2) is 31.2 Å². The first-order valence-corrected chi connectivity index (χ1v) is 7.77. The summed E-state index contributed by atoms with van der Waals surface area (Å²) in [5, 5.41) is 11.7. The van der Waals surface area contributed by atoms with Crippen LogP contribution in [0.25, 0.3) is 10.8 Å². The molecule has 0 saturated carbocycles. The van der Waals surface area contributed by atoms with Crippen molar-refractivity contribution in [3.8, 4) is 0 Å². The summed E-state index contributed by atoms with van der Waals surface area (Å²) in [5.41, 5.74) is 6.22. The normalized spacial score (nSPS) is 10.4. The van der Waals surface area contributed by atoms with Crippen LogP contribution in [0.4, 0.5) is 5.69 Å². The third-order valence-corrected chi connectivity index (χ3v) is 3.53. The molecular formula is C13H15N3O3S2. The lowest BCUT2D eigenvalue weighted by atomic mass is 10.1. The zero-order valence-corrected chi connectivity index (χ0v) is 12.7. The van der Waals surface area contributed by atoms with E-state index in [1.807, 2.05) is 6.07 Å². The Bertz CT molecular complexity index is 754. The molecule has 0 aliphatic rings. The molecule has 112 valence electrons. The number of fused-ring (bicyclic) bond motifs is 1. The molecule has 0 unspecified atom stereocenters. The number of anilines is 1. The summed E-state index contributed by atoms with van der Waals surface area (Å²) >= 11 is 3.81. The van der Waals surface area contributed by atoms with Gasteiger partial charge < -0.3 is 11.1 Å². The minimum Gasteiger partial charge on any atom is -0.383 e. The first kappa shape index (κ1) is 17.2. The van der Waals surface area contributed by atoms with Crippen LogP contribution in [0, 0.1) is 5.41 Å². The summed E-state index contributed by atoms with van der Waals surface area (Å²) in [5.74, 6) is 0. The molecular weight excluding hydrogens is 310 g/mol. The van der Waals surface area contributed by atoms with Crippen molar-refractivity contribution >= 4 is 44.0 Å². The Kier molecular flexibility index (Phi) is 6.41. The molecule has 0 bridgehead atoms. The van der Waals surface area contributed by atoms with Crippen LogP contribution in [0.5, 0.6) is 0 Å². The first-order chi connectivity index (χ1) is 9.95. The van der Waals surface area contributed by atoms with Crippen molar-refractivity contribution in [1.82, 2.24) is 0 Å². The molecule has 21 heavy (non-hydrogen) atoms. The van der Waals surface area contributed by atoms with Crippen LogP contribution in [0.1, 0.15) is 0 Å². The number of benzene rings is 2. The summed E-state index contributed by atoms with van der Waals surface area (Å²) < 4.78 is 31.8. The Morgan fingerprint density at radius 2 is 1.81 bits per heavy atom. The highest BCUT2D eigenvalue weighted by atomic mass is 32.2. The van der Waals surface area contributed by atoms with E-state index in [1.54, 1.807) is 29.4 Å². The van der Waals surface area contributed by atoms with Crippen molar-refractivity contribution in [1.29, 1.82) is 5.41 Å². The molecule has 0 amide bonds. The molecule has 0 aliphatic carbocycles. The molecule has 0 aliphatic heterocycles. The monoisotopic (exact) mass is 325 g/mol. The van der Waals surface area contributed by atoms with Gasteiger partial charge in [0.2, 0.25) is 0 Å². The highest BCUT2D eigenvalue weighted by molar-refractivity contribution is 7.86. The largest absolute Gasteiger partial charge is 0.383 e. The van der Waals surface area contributed by atoms with Gasteiger partial charge in [-0.2, -0.15) is 8.42 Å². The third-order valence-electron chi connectivity index (χ3n) is 2.62. The van der Waals surface area contributed by atoms with Crippen molar-refractivity contribution in [2.75, 3.05) is 18.4 Å². The zero-order chi connectivity index (χ0) is 15.9. The van der Waals surface area contributed by atoms with E-state index >= 15 is 0 Å². The van der Waals surface area contributed by atoms with Crippen LogP contribution in [0.2, 0.25) is 0 Å². The van der Waals surface area contributed by atoms with Crippen molar-refractivity contribution in [3.05, 3.63) is 36.4 Å². The molecule has 2 aromatic rings. The molecule has 2 aromatic carbocycles. The fourth-order valence-electron chi connectivity index (χ4n) is 1.87. The molecule has 2 rings (SSSR count). The Hall–Kier alpha value is -1.83. The lowest BCUT2D eigenvalue weighted by molar-refractivity contribution is 0.484. The first-order valence-electron chi connectivity index (χ1n) is 5.92. The standard InChI is InChI=1S/C12H14N2O3S.CHNS/c13-7-8-14-11-5-1-4-10-9(11)3-2-6-12(10)18(15,16)17;2-1-3/h1-6,14H,7-8,13H2,(H,15,16,17);2H. The van der Waals surface area contributed by atoms with Gasteiger partial charge in [-0.15, -0.1) is 0 Å². The summed E-state index contributed by atoms with van der Waals surface area (Å²) in [6.45, 7) is 1.07. The Morgan fingerprint density at radius 3 is 2.38 bits per heavy atom. The molecule has 0 saturated heterocycles. The highest BCUT2D eigenvalue weighted by Gasteiger charge is 2.14. The molecule has 0 atom stereocenters. The number of rotatable bonds is 4. The Labute approximate surface area is 128 Å². The quantitative estimate of drug-likeness (QED) is 0.389. The third kappa shape index (κ3) is 4.59. The average molecular weight is 325 g/mol. The molecule has 5 N–H and O–H groups in total. The summed E-state index contributed by atoms with van der Waals surface area (Å²) in [4.78, 5) is -0.0867. The molecule has 0 heterocycles. The van der Waals surface area contributed by atoms with E-state index in [9.17, 15) is 13.0 Å². The van der Waals surface area contributed by atoms with Crippen molar-refractivity contribution in [3.63, 3.8) is 0 Å². The molecule has 0 radical (unpaired) electrons.